The summed E-state index contributed by atoms with van der Waals surface area (Å²) in [5.41, 5.74) is 4.34. The maximum Gasteiger partial charge on any atom is 0.277 e. The Labute approximate surface area is 157 Å². The van der Waals surface area contributed by atoms with Crippen molar-refractivity contribution in [3.8, 4) is 11.5 Å². The molecule has 0 aliphatic heterocycles. The third-order valence-corrected chi connectivity index (χ3v) is 4.98. The lowest BCUT2D eigenvalue weighted by atomic mass is 10.1. The highest BCUT2D eigenvalue weighted by Gasteiger charge is 2.13. The Kier molecular flexibility index (Phi) is 5.73. The van der Waals surface area contributed by atoms with Crippen LogP contribution < -0.4 is 5.32 Å². The van der Waals surface area contributed by atoms with Gasteiger partial charge in [-0.1, -0.05) is 48.2 Å². The molecule has 3 aromatic rings. The topological polar surface area (TPSA) is 68.0 Å². The molecule has 0 radical (unpaired) electrons. The number of amides is 1. The fourth-order valence-corrected chi connectivity index (χ4v) is 3.07. The molecular formula is C20H21N3O2S. The number of aryl methyl sites for hydroxylation is 2. The first-order valence-corrected chi connectivity index (χ1v) is 9.39. The molecule has 1 amide bonds. The van der Waals surface area contributed by atoms with Crippen molar-refractivity contribution in [2.24, 2.45) is 0 Å². The van der Waals surface area contributed by atoms with E-state index in [9.17, 15) is 4.79 Å². The second-order valence-corrected chi connectivity index (χ2v) is 7.09. The van der Waals surface area contributed by atoms with Gasteiger partial charge in [0.15, 0.2) is 0 Å². The number of thioether (sulfide) groups is 1. The highest BCUT2D eigenvalue weighted by atomic mass is 32.2. The number of aromatic nitrogens is 2. The van der Waals surface area contributed by atoms with Crippen LogP contribution in [0.5, 0.6) is 0 Å². The molecule has 0 aliphatic rings. The minimum atomic E-state index is -0.0720. The van der Waals surface area contributed by atoms with E-state index >= 15 is 0 Å². The lowest BCUT2D eigenvalue weighted by Crippen LogP contribution is -2.28. The fraction of sp³-hybridized carbons (Fsp3) is 0.250. The molecule has 26 heavy (non-hydrogen) atoms. The van der Waals surface area contributed by atoms with E-state index in [0.717, 1.165) is 11.1 Å². The molecule has 1 atom stereocenters. The van der Waals surface area contributed by atoms with Crippen molar-refractivity contribution in [2.75, 3.05) is 5.75 Å². The van der Waals surface area contributed by atoms with E-state index in [1.807, 2.05) is 62.4 Å². The van der Waals surface area contributed by atoms with Gasteiger partial charge in [-0.3, -0.25) is 4.79 Å². The molecule has 0 aliphatic carbocycles. The summed E-state index contributed by atoms with van der Waals surface area (Å²) in [5.74, 6) is 0.622. The molecule has 0 saturated carbocycles. The second-order valence-electron chi connectivity index (χ2n) is 6.16. The molecule has 0 fully saturated rings. The van der Waals surface area contributed by atoms with Crippen LogP contribution in [0.4, 0.5) is 0 Å². The van der Waals surface area contributed by atoms with Gasteiger partial charge in [0.25, 0.3) is 5.22 Å². The number of nitrogens with zero attached hydrogens (tertiary/aromatic N) is 2. The standard InChI is InChI=1S/C20H21N3O2S/c1-13-9-10-17(11-14(13)2)19-22-23-20(25-19)26-12-18(24)21-15(3)16-7-5-4-6-8-16/h4-11,15H,12H2,1-3H3,(H,21,24). The molecule has 6 heteroatoms. The van der Waals surface area contributed by atoms with Crippen LogP contribution in [0.15, 0.2) is 58.2 Å². The average Bonchev–Trinajstić information content (AvgIpc) is 3.12. The molecule has 0 spiro atoms. The molecular weight excluding hydrogens is 346 g/mol. The minimum Gasteiger partial charge on any atom is -0.411 e. The van der Waals surface area contributed by atoms with E-state index in [-0.39, 0.29) is 17.7 Å². The van der Waals surface area contributed by atoms with Crippen molar-refractivity contribution in [1.82, 2.24) is 15.5 Å². The Balaban J connectivity index is 1.56. The second kappa shape index (κ2) is 8.19. The van der Waals surface area contributed by atoms with Crippen LogP contribution in [0.25, 0.3) is 11.5 Å². The number of carbonyl (C=O) groups excluding carboxylic acids is 1. The molecule has 0 bridgehead atoms. The molecule has 3 rings (SSSR count). The van der Waals surface area contributed by atoms with Gasteiger partial charge < -0.3 is 9.73 Å². The van der Waals surface area contributed by atoms with Crippen molar-refractivity contribution in [1.29, 1.82) is 0 Å². The normalized spacial score (nSPS) is 12.0. The maximum atomic E-state index is 12.1. The van der Waals surface area contributed by atoms with Crippen LogP contribution in [-0.2, 0) is 4.79 Å². The molecule has 134 valence electrons. The molecule has 2 aromatic carbocycles. The average molecular weight is 367 g/mol. The van der Waals surface area contributed by atoms with Gasteiger partial charge in [-0.25, -0.2) is 0 Å². The van der Waals surface area contributed by atoms with E-state index in [1.54, 1.807) is 0 Å². The lowest BCUT2D eigenvalue weighted by molar-refractivity contribution is -0.119. The fourth-order valence-electron chi connectivity index (χ4n) is 2.49. The predicted octanol–water partition coefficient (Wildman–Crippen LogP) is 4.32. The van der Waals surface area contributed by atoms with Gasteiger partial charge in [0.05, 0.1) is 11.8 Å². The monoisotopic (exact) mass is 367 g/mol. The first kappa shape index (κ1) is 18.2. The number of hydrogen-bond acceptors (Lipinski definition) is 5. The molecule has 0 saturated heterocycles. The summed E-state index contributed by atoms with van der Waals surface area (Å²) in [4.78, 5) is 12.1. The Hall–Kier alpha value is -2.60. The van der Waals surface area contributed by atoms with Crippen molar-refractivity contribution < 1.29 is 9.21 Å². The van der Waals surface area contributed by atoms with E-state index < -0.39 is 0 Å². The van der Waals surface area contributed by atoms with Crippen LogP contribution >= 0.6 is 11.8 Å². The van der Waals surface area contributed by atoms with E-state index in [2.05, 4.69) is 22.4 Å². The van der Waals surface area contributed by atoms with Gasteiger partial charge in [-0.15, -0.1) is 10.2 Å². The van der Waals surface area contributed by atoms with Crippen molar-refractivity contribution in [3.63, 3.8) is 0 Å². The van der Waals surface area contributed by atoms with Gasteiger partial charge in [-0.2, -0.15) is 0 Å². The van der Waals surface area contributed by atoms with Gasteiger partial charge in [0, 0.05) is 5.56 Å². The third-order valence-electron chi connectivity index (χ3n) is 4.16. The molecule has 5 nitrogen and oxygen atoms in total. The summed E-state index contributed by atoms with van der Waals surface area (Å²) in [6.45, 7) is 6.06. The Morgan fingerprint density at radius 1 is 1.12 bits per heavy atom. The zero-order valence-electron chi connectivity index (χ0n) is 15.0. The Morgan fingerprint density at radius 3 is 2.62 bits per heavy atom. The first-order chi connectivity index (χ1) is 12.5. The van der Waals surface area contributed by atoms with Gasteiger partial charge in [0.1, 0.15) is 0 Å². The van der Waals surface area contributed by atoms with Crippen molar-refractivity contribution >= 4 is 17.7 Å². The van der Waals surface area contributed by atoms with Crippen LogP contribution in [0.1, 0.15) is 29.7 Å². The number of benzene rings is 2. The Bertz CT molecular complexity index is 893. The highest BCUT2D eigenvalue weighted by Crippen LogP contribution is 2.24. The van der Waals surface area contributed by atoms with Crippen LogP contribution in [0, 0.1) is 13.8 Å². The van der Waals surface area contributed by atoms with Crippen LogP contribution in [0.3, 0.4) is 0 Å². The third kappa shape index (κ3) is 4.52. The van der Waals surface area contributed by atoms with E-state index in [1.165, 1.54) is 22.9 Å². The molecule has 1 N–H and O–H groups in total. The van der Waals surface area contributed by atoms with Gasteiger partial charge in [-0.05, 0) is 49.6 Å². The summed E-state index contributed by atoms with van der Waals surface area (Å²) in [6.07, 6.45) is 0. The first-order valence-electron chi connectivity index (χ1n) is 8.41. The smallest absolute Gasteiger partial charge is 0.277 e. The van der Waals surface area contributed by atoms with E-state index in [0.29, 0.717) is 11.1 Å². The zero-order valence-corrected chi connectivity index (χ0v) is 15.8. The molecule has 1 aromatic heterocycles. The summed E-state index contributed by atoms with van der Waals surface area (Å²) < 4.78 is 5.67. The SMILES string of the molecule is Cc1ccc(-c2nnc(SCC(=O)NC(C)c3ccccc3)o2)cc1C. The number of carbonyl (C=O) groups is 1. The summed E-state index contributed by atoms with van der Waals surface area (Å²) in [7, 11) is 0. The van der Waals surface area contributed by atoms with Gasteiger partial charge >= 0.3 is 0 Å². The van der Waals surface area contributed by atoms with Crippen molar-refractivity contribution in [3.05, 3.63) is 65.2 Å². The summed E-state index contributed by atoms with van der Waals surface area (Å²) in [5, 5.41) is 11.5. The Morgan fingerprint density at radius 2 is 1.88 bits per heavy atom. The predicted molar refractivity (Wildman–Crippen MR) is 103 cm³/mol. The number of nitrogens with one attached hydrogen (secondary N) is 1. The zero-order chi connectivity index (χ0) is 18.5. The van der Waals surface area contributed by atoms with Gasteiger partial charge in [0.2, 0.25) is 11.8 Å². The largest absolute Gasteiger partial charge is 0.411 e. The van der Waals surface area contributed by atoms with E-state index in [4.69, 9.17) is 4.42 Å². The molecule has 1 heterocycles. The minimum absolute atomic E-state index is 0.0434. The summed E-state index contributed by atoms with van der Waals surface area (Å²) >= 11 is 1.24. The summed E-state index contributed by atoms with van der Waals surface area (Å²) in [6, 6.07) is 15.8. The van der Waals surface area contributed by atoms with Crippen LogP contribution in [-0.4, -0.2) is 21.9 Å². The van der Waals surface area contributed by atoms with Crippen molar-refractivity contribution in [2.45, 2.75) is 32.0 Å². The molecule has 1 unspecified atom stereocenters. The lowest BCUT2D eigenvalue weighted by Gasteiger charge is -2.13. The van der Waals surface area contributed by atoms with Crippen LogP contribution in [0.2, 0.25) is 0 Å². The quantitative estimate of drug-likeness (QED) is 0.657. The number of hydrogen-bond donors (Lipinski definition) is 1. The number of rotatable bonds is 6. The maximum absolute atomic E-state index is 12.1. The highest BCUT2D eigenvalue weighted by molar-refractivity contribution is 7.99.